The van der Waals surface area contributed by atoms with Crippen molar-refractivity contribution in [2.75, 3.05) is 42.5 Å². The Morgan fingerprint density at radius 2 is 0.645 bits per heavy atom. The van der Waals surface area contributed by atoms with Crippen LogP contribution >= 0.6 is 0 Å². The van der Waals surface area contributed by atoms with Gasteiger partial charge in [-0.1, -0.05) is 87.1 Å². The normalized spacial score (nSPS) is 15.6. The van der Waals surface area contributed by atoms with E-state index in [1.54, 1.807) is 28.4 Å². The van der Waals surface area contributed by atoms with Crippen molar-refractivity contribution in [3.63, 3.8) is 0 Å². The van der Waals surface area contributed by atoms with Crippen molar-refractivity contribution in [3.8, 4) is 67.5 Å². The third-order valence-corrected chi connectivity index (χ3v) is 14.0. The largest absolute Gasteiger partial charge is 0.497 e. The van der Waals surface area contributed by atoms with Crippen LogP contribution < -0.4 is 18.9 Å². The maximum Gasteiger partial charge on any atom is 0.255 e. The molecule has 0 heterocycles. The molecule has 2 saturated carbocycles. The fourth-order valence-electron chi connectivity index (χ4n) is 9.95. The number of amides is 2. The molecule has 2 amide bonds. The van der Waals surface area contributed by atoms with E-state index in [0.29, 0.717) is 68.2 Å². The molecule has 2 aliphatic rings. The summed E-state index contributed by atoms with van der Waals surface area (Å²) < 4.78 is 22.7. The minimum absolute atomic E-state index is 0.0205. The predicted octanol–water partition coefficient (Wildman–Crippen LogP) is 12.5. The van der Waals surface area contributed by atoms with Crippen molar-refractivity contribution in [1.29, 1.82) is 0 Å². The van der Waals surface area contributed by atoms with Crippen LogP contribution in [0.4, 0.5) is 0 Å². The van der Waals surface area contributed by atoms with Crippen molar-refractivity contribution in [2.45, 2.75) is 90.1 Å². The van der Waals surface area contributed by atoms with Gasteiger partial charge in [-0.2, -0.15) is 0 Å². The molecule has 0 spiro atoms. The molecule has 2 aliphatic carbocycles. The second-order valence-electron chi connectivity index (χ2n) is 17.3. The second kappa shape index (κ2) is 20.0. The fraction of sp³-hybridized carbons (Fsp3) is 0.407. The molecule has 0 aromatic heterocycles. The molecule has 5 aromatic rings. The Labute approximate surface area is 369 Å². The van der Waals surface area contributed by atoms with E-state index in [1.165, 1.54) is 12.8 Å². The molecule has 8 heteroatoms. The first-order valence-corrected chi connectivity index (χ1v) is 22.5. The topological polar surface area (TPSA) is 77.5 Å². The number of nitrogens with zero attached hydrogens (tertiary/aromatic N) is 2. The Morgan fingerprint density at radius 3 is 0.855 bits per heavy atom. The van der Waals surface area contributed by atoms with Crippen LogP contribution in [0.5, 0.6) is 23.0 Å². The second-order valence-corrected chi connectivity index (χ2v) is 17.3. The first-order valence-electron chi connectivity index (χ1n) is 22.5. The number of hydrogen-bond donors (Lipinski definition) is 0. The molecule has 0 bridgehead atoms. The van der Waals surface area contributed by atoms with Gasteiger partial charge in [0.1, 0.15) is 23.0 Å². The SMILES string of the molecule is COc1ccc(-c2c(C(=O)N(C)[C@H](C)C3CCCCC3)c(-c3ccc(OC)cc3)c(-c3ccc(OC)cc3)c(C(=O)N(C)[C@H](C)C3CCCCC3)c2-c2ccc(OC)cc2)cc1. The molecule has 0 aliphatic heterocycles. The summed E-state index contributed by atoms with van der Waals surface area (Å²) in [4.78, 5) is 36.1. The summed E-state index contributed by atoms with van der Waals surface area (Å²) in [5.41, 5.74) is 7.01. The van der Waals surface area contributed by atoms with Crippen molar-refractivity contribution >= 4 is 11.8 Å². The van der Waals surface area contributed by atoms with Gasteiger partial charge in [0.25, 0.3) is 11.8 Å². The van der Waals surface area contributed by atoms with Gasteiger partial charge in [0.15, 0.2) is 0 Å². The van der Waals surface area contributed by atoms with Gasteiger partial charge in [-0.25, -0.2) is 0 Å². The number of rotatable bonds is 14. The van der Waals surface area contributed by atoms with Crippen LogP contribution in [0.25, 0.3) is 44.5 Å². The summed E-state index contributed by atoms with van der Waals surface area (Å²) in [6.45, 7) is 4.39. The van der Waals surface area contributed by atoms with E-state index in [9.17, 15) is 0 Å². The van der Waals surface area contributed by atoms with E-state index in [0.717, 1.165) is 73.6 Å². The maximum absolute atomic E-state index is 16.1. The summed E-state index contributed by atoms with van der Waals surface area (Å²) in [7, 11) is 10.5. The van der Waals surface area contributed by atoms with Crippen LogP contribution in [0.1, 0.15) is 98.8 Å². The van der Waals surface area contributed by atoms with Crippen LogP contribution in [-0.4, -0.2) is 76.2 Å². The monoisotopic (exact) mass is 836 g/mol. The number of hydrogen-bond acceptors (Lipinski definition) is 6. The molecule has 5 aromatic carbocycles. The average Bonchev–Trinajstić information content (AvgIpc) is 3.34. The summed E-state index contributed by atoms with van der Waals surface area (Å²) in [5, 5.41) is 0. The molecule has 326 valence electrons. The minimum Gasteiger partial charge on any atom is -0.497 e. The van der Waals surface area contributed by atoms with E-state index >= 15 is 9.59 Å². The van der Waals surface area contributed by atoms with Gasteiger partial charge in [-0.15, -0.1) is 0 Å². The molecule has 8 nitrogen and oxygen atoms in total. The van der Waals surface area contributed by atoms with Crippen LogP contribution in [0.2, 0.25) is 0 Å². The third-order valence-electron chi connectivity index (χ3n) is 14.0. The third kappa shape index (κ3) is 9.06. The number of carbonyl (C=O) groups is 2. The number of ether oxygens (including phenoxy) is 4. The fourth-order valence-corrected chi connectivity index (χ4v) is 9.95. The van der Waals surface area contributed by atoms with Crippen molar-refractivity contribution < 1.29 is 28.5 Å². The van der Waals surface area contributed by atoms with Gasteiger partial charge >= 0.3 is 0 Å². The predicted molar refractivity (Wildman–Crippen MR) is 251 cm³/mol. The lowest BCUT2D eigenvalue weighted by Gasteiger charge is -2.37. The number of carbonyl (C=O) groups excluding carboxylic acids is 2. The Bertz CT molecular complexity index is 2010. The van der Waals surface area contributed by atoms with Crippen LogP contribution in [-0.2, 0) is 0 Å². The van der Waals surface area contributed by atoms with Gasteiger partial charge < -0.3 is 28.7 Å². The zero-order chi connectivity index (χ0) is 43.9. The highest BCUT2D eigenvalue weighted by Gasteiger charge is 2.38. The zero-order valence-corrected chi connectivity index (χ0v) is 38.0. The molecule has 0 N–H and O–H groups in total. The summed E-state index contributed by atoms with van der Waals surface area (Å²) in [6.07, 6.45) is 11.5. The Morgan fingerprint density at radius 1 is 0.419 bits per heavy atom. The molecule has 2 atom stereocenters. The lowest BCUT2D eigenvalue weighted by molar-refractivity contribution is 0.0656. The van der Waals surface area contributed by atoms with E-state index in [-0.39, 0.29) is 23.9 Å². The smallest absolute Gasteiger partial charge is 0.255 e. The Kier molecular flexibility index (Phi) is 14.3. The van der Waals surface area contributed by atoms with E-state index in [4.69, 9.17) is 18.9 Å². The Balaban J connectivity index is 1.67. The van der Waals surface area contributed by atoms with Gasteiger partial charge in [0, 0.05) is 48.4 Å². The minimum atomic E-state index is -0.104. The molecule has 2 fully saturated rings. The van der Waals surface area contributed by atoms with Crippen LogP contribution in [0.15, 0.2) is 97.1 Å². The molecular formula is C54H64N2O6. The number of methoxy groups -OCH3 is 4. The van der Waals surface area contributed by atoms with Crippen molar-refractivity contribution in [1.82, 2.24) is 9.80 Å². The summed E-state index contributed by atoms with van der Waals surface area (Å²) in [6, 6.07) is 31.5. The molecule has 0 radical (unpaired) electrons. The quantitative estimate of drug-likeness (QED) is 0.111. The van der Waals surface area contributed by atoms with Crippen LogP contribution in [0.3, 0.4) is 0 Å². The van der Waals surface area contributed by atoms with Gasteiger partial charge in [-0.05, 0) is 122 Å². The van der Waals surface area contributed by atoms with Crippen molar-refractivity contribution in [2.24, 2.45) is 11.8 Å². The highest BCUT2D eigenvalue weighted by Crippen LogP contribution is 2.51. The molecule has 0 unspecified atom stereocenters. The van der Waals surface area contributed by atoms with Crippen LogP contribution in [0, 0.1) is 11.8 Å². The van der Waals surface area contributed by atoms with E-state index in [1.807, 2.05) is 121 Å². The lowest BCUT2D eigenvalue weighted by Crippen LogP contribution is -2.42. The van der Waals surface area contributed by atoms with Gasteiger partial charge in [-0.3, -0.25) is 9.59 Å². The molecule has 62 heavy (non-hydrogen) atoms. The first kappa shape index (κ1) is 44.3. The highest BCUT2D eigenvalue weighted by molar-refractivity contribution is 6.21. The number of benzene rings is 5. The van der Waals surface area contributed by atoms with Gasteiger partial charge in [0.05, 0.1) is 39.6 Å². The maximum atomic E-state index is 16.1. The standard InChI is InChI=1S/C54H64N2O6/c1-35(37-15-11-9-12-16-37)55(3)53(57)51-47(39-19-27-43(59-5)28-20-39)49(41-23-31-45(61-7)32-24-41)52(54(58)56(4)36(2)38-17-13-10-14-18-38)50(42-25-33-46(62-8)34-26-42)48(51)40-21-29-44(60-6)30-22-40/h19-38H,9-18H2,1-8H3/t35-,36-/m1/s1. The molecular weight excluding hydrogens is 773 g/mol. The average molecular weight is 837 g/mol. The lowest BCUT2D eigenvalue weighted by atomic mass is 9.76. The Hall–Kier alpha value is -5.76. The van der Waals surface area contributed by atoms with Crippen molar-refractivity contribution in [3.05, 3.63) is 108 Å². The van der Waals surface area contributed by atoms with E-state index < -0.39 is 0 Å². The zero-order valence-electron chi connectivity index (χ0n) is 38.0. The van der Waals surface area contributed by atoms with Gasteiger partial charge in [0.2, 0.25) is 0 Å². The first-order chi connectivity index (χ1) is 30.1. The molecule has 0 saturated heterocycles. The summed E-state index contributed by atoms with van der Waals surface area (Å²) in [5.74, 6) is 3.32. The molecule has 7 rings (SSSR count). The summed E-state index contributed by atoms with van der Waals surface area (Å²) >= 11 is 0. The highest BCUT2D eigenvalue weighted by atomic mass is 16.5. The van der Waals surface area contributed by atoms with E-state index in [2.05, 4.69) is 13.8 Å².